The first-order valence-corrected chi connectivity index (χ1v) is 7.44. The standard InChI is InChI=1S/C16H25N3O/c1-10(2)13-5-4-11(3)8-15(13)20-12-6-7-19-14(9-12)16(17)18/h6-7,9-11,13,15H,4-5,8H2,1-3H3,(H3,17,18). The quantitative estimate of drug-likeness (QED) is 0.654. The van der Waals surface area contributed by atoms with Crippen LogP contribution in [-0.2, 0) is 0 Å². The van der Waals surface area contributed by atoms with Crippen molar-refractivity contribution in [2.24, 2.45) is 23.5 Å². The average molecular weight is 275 g/mol. The van der Waals surface area contributed by atoms with Gasteiger partial charge in [-0.1, -0.05) is 27.2 Å². The molecule has 0 bridgehead atoms. The van der Waals surface area contributed by atoms with Crippen molar-refractivity contribution in [2.75, 3.05) is 0 Å². The van der Waals surface area contributed by atoms with Gasteiger partial charge in [-0.2, -0.15) is 0 Å². The zero-order valence-electron chi connectivity index (χ0n) is 12.6. The maximum absolute atomic E-state index is 7.45. The van der Waals surface area contributed by atoms with Gasteiger partial charge >= 0.3 is 0 Å². The van der Waals surface area contributed by atoms with Crippen molar-refractivity contribution < 1.29 is 4.74 Å². The van der Waals surface area contributed by atoms with Crippen molar-refractivity contribution in [2.45, 2.75) is 46.1 Å². The fourth-order valence-corrected chi connectivity index (χ4v) is 3.06. The van der Waals surface area contributed by atoms with Crippen molar-refractivity contribution in [1.29, 1.82) is 5.41 Å². The van der Waals surface area contributed by atoms with Crippen LogP contribution in [-0.4, -0.2) is 16.9 Å². The molecule has 1 saturated carbocycles. The number of nitrogens with one attached hydrogen (secondary N) is 1. The predicted octanol–water partition coefficient (Wildman–Crippen LogP) is 3.21. The summed E-state index contributed by atoms with van der Waals surface area (Å²) >= 11 is 0. The van der Waals surface area contributed by atoms with E-state index in [2.05, 4.69) is 25.8 Å². The molecule has 3 N–H and O–H groups in total. The molecule has 0 saturated heterocycles. The Hall–Kier alpha value is -1.58. The van der Waals surface area contributed by atoms with Gasteiger partial charge in [0, 0.05) is 12.3 Å². The van der Waals surface area contributed by atoms with Gasteiger partial charge < -0.3 is 10.5 Å². The molecule has 3 unspecified atom stereocenters. The Balaban J connectivity index is 2.13. The maximum atomic E-state index is 7.45. The minimum atomic E-state index is -0.0205. The lowest BCUT2D eigenvalue weighted by Gasteiger charge is -2.37. The van der Waals surface area contributed by atoms with Gasteiger partial charge in [-0.25, -0.2) is 0 Å². The zero-order chi connectivity index (χ0) is 14.7. The second-order valence-electron chi connectivity index (χ2n) is 6.27. The van der Waals surface area contributed by atoms with E-state index in [9.17, 15) is 0 Å². The van der Waals surface area contributed by atoms with Crippen LogP contribution in [0.4, 0.5) is 0 Å². The van der Waals surface area contributed by atoms with Gasteiger partial charge in [0.25, 0.3) is 0 Å². The van der Waals surface area contributed by atoms with E-state index in [1.807, 2.05) is 6.07 Å². The Morgan fingerprint density at radius 2 is 2.20 bits per heavy atom. The second kappa shape index (κ2) is 6.25. The number of rotatable bonds is 4. The molecule has 1 aromatic rings. The van der Waals surface area contributed by atoms with Crippen LogP contribution in [0.3, 0.4) is 0 Å². The van der Waals surface area contributed by atoms with E-state index in [0.717, 1.165) is 12.2 Å². The van der Waals surface area contributed by atoms with Crippen LogP contribution in [0, 0.1) is 23.2 Å². The molecule has 110 valence electrons. The van der Waals surface area contributed by atoms with Crippen LogP contribution in [0.1, 0.15) is 45.7 Å². The number of hydrogen-bond donors (Lipinski definition) is 2. The Kier molecular flexibility index (Phi) is 4.63. The third-order valence-corrected chi connectivity index (χ3v) is 4.26. The molecule has 3 atom stereocenters. The molecule has 2 rings (SSSR count). The van der Waals surface area contributed by atoms with Crippen LogP contribution < -0.4 is 10.5 Å². The maximum Gasteiger partial charge on any atom is 0.141 e. The van der Waals surface area contributed by atoms with Gasteiger partial charge in [-0.3, -0.25) is 10.4 Å². The fraction of sp³-hybridized carbons (Fsp3) is 0.625. The lowest BCUT2D eigenvalue weighted by molar-refractivity contribution is 0.0459. The molecule has 1 aliphatic carbocycles. The Bertz CT molecular complexity index is 473. The summed E-state index contributed by atoms with van der Waals surface area (Å²) in [7, 11) is 0. The number of ether oxygens (including phenoxy) is 1. The fourth-order valence-electron chi connectivity index (χ4n) is 3.06. The number of pyridine rings is 1. The molecule has 4 nitrogen and oxygen atoms in total. The van der Waals surface area contributed by atoms with Gasteiger partial charge in [0.15, 0.2) is 0 Å². The summed E-state index contributed by atoms with van der Waals surface area (Å²) in [5, 5.41) is 7.45. The third-order valence-electron chi connectivity index (χ3n) is 4.26. The Morgan fingerprint density at radius 1 is 1.45 bits per heavy atom. The molecule has 0 spiro atoms. The van der Waals surface area contributed by atoms with E-state index in [4.69, 9.17) is 15.9 Å². The van der Waals surface area contributed by atoms with Crippen molar-refractivity contribution >= 4 is 5.84 Å². The van der Waals surface area contributed by atoms with Crippen LogP contribution in [0.25, 0.3) is 0 Å². The van der Waals surface area contributed by atoms with Crippen molar-refractivity contribution in [3.05, 3.63) is 24.0 Å². The lowest BCUT2D eigenvalue weighted by Crippen LogP contribution is -2.36. The van der Waals surface area contributed by atoms with Crippen molar-refractivity contribution in [1.82, 2.24) is 4.98 Å². The van der Waals surface area contributed by atoms with Crippen molar-refractivity contribution in [3.8, 4) is 5.75 Å². The summed E-state index contributed by atoms with van der Waals surface area (Å²) in [4.78, 5) is 4.07. The van der Waals surface area contributed by atoms with E-state index in [1.54, 1.807) is 12.3 Å². The average Bonchev–Trinajstić information content (AvgIpc) is 2.38. The molecule has 4 heteroatoms. The van der Waals surface area contributed by atoms with Crippen molar-refractivity contribution in [3.63, 3.8) is 0 Å². The molecule has 1 aliphatic rings. The highest BCUT2D eigenvalue weighted by atomic mass is 16.5. The van der Waals surface area contributed by atoms with Gasteiger partial charge in [-0.05, 0) is 36.7 Å². The molecule has 0 radical (unpaired) electrons. The molecule has 1 heterocycles. The monoisotopic (exact) mass is 275 g/mol. The van der Waals surface area contributed by atoms with Crippen LogP contribution in [0.15, 0.2) is 18.3 Å². The van der Waals surface area contributed by atoms with Gasteiger partial charge in [-0.15, -0.1) is 0 Å². The molecule has 1 aromatic heterocycles. The summed E-state index contributed by atoms with van der Waals surface area (Å²) in [6.07, 6.45) is 5.52. The van der Waals surface area contributed by atoms with Gasteiger partial charge in [0.05, 0.1) is 0 Å². The molecular weight excluding hydrogens is 250 g/mol. The molecule has 20 heavy (non-hydrogen) atoms. The van der Waals surface area contributed by atoms with E-state index in [1.165, 1.54) is 12.8 Å². The number of aromatic nitrogens is 1. The highest BCUT2D eigenvalue weighted by Crippen LogP contribution is 2.35. The second-order valence-corrected chi connectivity index (χ2v) is 6.27. The molecule has 0 aromatic carbocycles. The SMILES string of the molecule is CC1CCC(C(C)C)C(Oc2ccnc(C(=N)N)c2)C1. The number of hydrogen-bond acceptors (Lipinski definition) is 3. The highest BCUT2D eigenvalue weighted by Gasteiger charge is 2.32. The molecule has 0 aliphatic heterocycles. The van der Waals surface area contributed by atoms with Gasteiger partial charge in [0.2, 0.25) is 0 Å². The summed E-state index contributed by atoms with van der Waals surface area (Å²) in [6, 6.07) is 3.61. The predicted molar refractivity (Wildman–Crippen MR) is 81.0 cm³/mol. The lowest BCUT2D eigenvalue weighted by atomic mass is 9.75. The van der Waals surface area contributed by atoms with Crippen LogP contribution in [0.2, 0.25) is 0 Å². The van der Waals surface area contributed by atoms with Crippen LogP contribution in [0.5, 0.6) is 5.75 Å². The molecule has 1 fully saturated rings. The van der Waals surface area contributed by atoms with Gasteiger partial charge in [0.1, 0.15) is 23.4 Å². The Labute approximate surface area is 121 Å². The third kappa shape index (κ3) is 3.50. The summed E-state index contributed by atoms with van der Waals surface area (Å²) in [5.74, 6) is 2.69. The first kappa shape index (κ1) is 14.8. The molecule has 0 amide bonds. The zero-order valence-corrected chi connectivity index (χ0v) is 12.6. The topological polar surface area (TPSA) is 72.0 Å². The number of nitrogen functional groups attached to an aromatic ring is 1. The van der Waals surface area contributed by atoms with E-state index in [0.29, 0.717) is 23.4 Å². The number of nitrogens with zero attached hydrogens (tertiary/aromatic N) is 1. The summed E-state index contributed by atoms with van der Waals surface area (Å²) in [6.45, 7) is 6.83. The Morgan fingerprint density at radius 3 is 2.85 bits per heavy atom. The smallest absolute Gasteiger partial charge is 0.141 e. The minimum Gasteiger partial charge on any atom is -0.490 e. The number of nitrogens with two attached hydrogens (primary N) is 1. The first-order valence-electron chi connectivity index (χ1n) is 7.44. The summed E-state index contributed by atoms with van der Waals surface area (Å²) in [5.41, 5.74) is 5.96. The summed E-state index contributed by atoms with van der Waals surface area (Å²) < 4.78 is 6.20. The van der Waals surface area contributed by atoms with E-state index in [-0.39, 0.29) is 11.9 Å². The van der Waals surface area contributed by atoms with E-state index < -0.39 is 0 Å². The first-order chi connectivity index (χ1) is 9.47. The number of amidine groups is 1. The van der Waals surface area contributed by atoms with Crippen LogP contribution >= 0.6 is 0 Å². The van der Waals surface area contributed by atoms with E-state index >= 15 is 0 Å². The minimum absolute atomic E-state index is 0.0205. The largest absolute Gasteiger partial charge is 0.490 e. The molecular formula is C16H25N3O. The highest BCUT2D eigenvalue weighted by molar-refractivity contribution is 5.93. The normalized spacial score (nSPS) is 26.5.